The molecule has 0 aromatic carbocycles. The lowest BCUT2D eigenvalue weighted by molar-refractivity contribution is 0.000170. The average molecular weight is 254 g/mol. The standard InChI is InChI=1S/C15H30N2O/c1-13(2)16-11-14-5-9-17(10-6-14)12-15(18)7-3-4-8-15/h13-14,16,18H,3-12H2,1-2H3. The maximum Gasteiger partial charge on any atom is 0.0774 e. The molecule has 0 atom stereocenters. The van der Waals surface area contributed by atoms with Crippen LogP contribution in [0, 0.1) is 5.92 Å². The Balaban J connectivity index is 1.67. The first-order chi connectivity index (χ1) is 8.57. The molecule has 0 spiro atoms. The molecule has 2 aliphatic rings. The van der Waals surface area contributed by atoms with Gasteiger partial charge in [-0.2, -0.15) is 0 Å². The van der Waals surface area contributed by atoms with Gasteiger partial charge in [0.2, 0.25) is 0 Å². The zero-order valence-corrected chi connectivity index (χ0v) is 12.1. The second-order valence-electron chi connectivity index (χ2n) is 6.71. The van der Waals surface area contributed by atoms with E-state index >= 15 is 0 Å². The Morgan fingerprint density at radius 2 is 1.83 bits per heavy atom. The molecule has 0 aromatic heterocycles. The zero-order valence-electron chi connectivity index (χ0n) is 12.1. The van der Waals surface area contributed by atoms with Crippen molar-refractivity contribution in [3.05, 3.63) is 0 Å². The molecule has 2 fully saturated rings. The molecule has 3 nitrogen and oxygen atoms in total. The third-order valence-corrected chi connectivity index (χ3v) is 4.57. The highest BCUT2D eigenvalue weighted by molar-refractivity contribution is 4.88. The van der Waals surface area contributed by atoms with E-state index in [1.807, 2.05) is 0 Å². The van der Waals surface area contributed by atoms with E-state index in [0.717, 1.165) is 31.8 Å². The predicted octanol–water partition coefficient (Wildman–Crippen LogP) is 2.00. The Labute approximate surface area is 112 Å². The van der Waals surface area contributed by atoms with Gasteiger partial charge < -0.3 is 15.3 Å². The average Bonchev–Trinajstić information content (AvgIpc) is 2.75. The predicted molar refractivity (Wildman–Crippen MR) is 75.7 cm³/mol. The monoisotopic (exact) mass is 254 g/mol. The molecule has 0 bridgehead atoms. The molecule has 0 unspecified atom stereocenters. The van der Waals surface area contributed by atoms with Crippen molar-refractivity contribution in [3.63, 3.8) is 0 Å². The smallest absolute Gasteiger partial charge is 0.0774 e. The highest BCUT2D eigenvalue weighted by Gasteiger charge is 2.34. The van der Waals surface area contributed by atoms with E-state index in [2.05, 4.69) is 24.1 Å². The molecule has 1 saturated carbocycles. The summed E-state index contributed by atoms with van der Waals surface area (Å²) in [5.41, 5.74) is -0.358. The van der Waals surface area contributed by atoms with Crippen molar-refractivity contribution in [2.75, 3.05) is 26.2 Å². The van der Waals surface area contributed by atoms with E-state index in [1.54, 1.807) is 0 Å². The van der Waals surface area contributed by atoms with Crippen LogP contribution in [-0.4, -0.2) is 47.8 Å². The first-order valence-electron chi connectivity index (χ1n) is 7.75. The summed E-state index contributed by atoms with van der Waals surface area (Å²) in [6, 6.07) is 0.599. The second-order valence-corrected chi connectivity index (χ2v) is 6.71. The van der Waals surface area contributed by atoms with Crippen molar-refractivity contribution in [1.29, 1.82) is 0 Å². The fraction of sp³-hybridized carbons (Fsp3) is 1.00. The molecule has 1 aliphatic heterocycles. The van der Waals surface area contributed by atoms with Gasteiger partial charge in [0.15, 0.2) is 0 Å². The number of hydrogen-bond acceptors (Lipinski definition) is 3. The Morgan fingerprint density at radius 3 is 2.39 bits per heavy atom. The Morgan fingerprint density at radius 1 is 1.22 bits per heavy atom. The van der Waals surface area contributed by atoms with Gasteiger partial charge in [0.25, 0.3) is 0 Å². The number of rotatable bonds is 5. The lowest BCUT2D eigenvalue weighted by Gasteiger charge is -2.36. The molecule has 3 heteroatoms. The second kappa shape index (κ2) is 6.36. The Hall–Kier alpha value is -0.120. The van der Waals surface area contributed by atoms with Crippen LogP contribution in [-0.2, 0) is 0 Å². The van der Waals surface area contributed by atoms with Crippen molar-refractivity contribution in [3.8, 4) is 0 Å². The summed E-state index contributed by atoms with van der Waals surface area (Å²) in [6.45, 7) is 8.85. The Bertz CT molecular complexity index is 241. The molecular formula is C15H30N2O. The summed E-state index contributed by atoms with van der Waals surface area (Å²) in [5.74, 6) is 0.835. The molecule has 0 aromatic rings. The summed E-state index contributed by atoms with van der Waals surface area (Å²) in [6.07, 6.45) is 7.03. The number of nitrogens with one attached hydrogen (secondary N) is 1. The molecule has 0 radical (unpaired) electrons. The van der Waals surface area contributed by atoms with Gasteiger partial charge in [-0.25, -0.2) is 0 Å². The highest BCUT2D eigenvalue weighted by atomic mass is 16.3. The summed E-state index contributed by atoms with van der Waals surface area (Å²) < 4.78 is 0. The maximum absolute atomic E-state index is 10.4. The van der Waals surface area contributed by atoms with Crippen molar-refractivity contribution < 1.29 is 5.11 Å². The van der Waals surface area contributed by atoms with Crippen LogP contribution in [0.4, 0.5) is 0 Å². The fourth-order valence-electron chi connectivity index (χ4n) is 3.36. The third kappa shape index (κ3) is 4.22. The van der Waals surface area contributed by atoms with Crippen LogP contribution in [0.15, 0.2) is 0 Å². The van der Waals surface area contributed by atoms with Crippen molar-refractivity contribution >= 4 is 0 Å². The van der Waals surface area contributed by atoms with Crippen LogP contribution < -0.4 is 5.32 Å². The van der Waals surface area contributed by atoms with Crippen LogP contribution in [0.1, 0.15) is 52.4 Å². The minimum Gasteiger partial charge on any atom is -0.389 e. The maximum atomic E-state index is 10.4. The first-order valence-corrected chi connectivity index (χ1v) is 7.75. The summed E-state index contributed by atoms with van der Waals surface area (Å²) >= 11 is 0. The zero-order chi connectivity index (χ0) is 13.0. The van der Waals surface area contributed by atoms with E-state index in [1.165, 1.54) is 38.8 Å². The van der Waals surface area contributed by atoms with Gasteiger partial charge in [0.05, 0.1) is 5.60 Å². The summed E-state index contributed by atoms with van der Waals surface area (Å²) in [7, 11) is 0. The topological polar surface area (TPSA) is 35.5 Å². The van der Waals surface area contributed by atoms with Gasteiger partial charge in [-0.05, 0) is 51.2 Å². The van der Waals surface area contributed by atoms with E-state index in [0.29, 0.717) is 6.04 Å². The number of nitrogens with zero attached hydrogens (tertiary/aromatic N) is 1. The molecule has 2 N–H and O–H groups in total. The number of piperidine rings is 1. The van der Waals surface area contributed by atoms with Gasteiger partial charge in [0, 0.05) is 12.6 Å². The van der Waals surface area contributed by atoms with Crippen LogP contribution in [0.3, 0.4) is 0 Å². The molecular weight excluding hydrogens is 224 g/mol. The highest BCUT2D eigenvalue weighted by Crippen LogP contribution is 2.31. The number of likely N-dealkylation sites (tertiary alicyclic amines) is 1. The quantitative estimate of drug-likeness (QED) is 0.788. The molecule has 106 valence electrons. The van der Waals surface area contributed by atoms with Crippen LogP contribution in [0.2, 0.25) is 0 Å². The minimum atomic E-state index is -0.358. The number of β-amino-alcohol motifs (C(OH)–C–C–N with tert-alkyl or cyclic N) is 1. The fourth-order valence-corrected chi connectivity index (χ4v) is 3.36. The summed E-state index contributed by atoms with van der Waals surface area (Å²) in [4.78, 5) is 2.48. The van der Waals surface area contributed by atoms with E-state index in [-0.39, 0.29) is 5.60 Å². The van der Waals surface area contributed by atoms with Crippen molar-refractivity contribution in [2.45, 2.75) is 64.0 Å². The molecule has 1 saturated heterocycles. The SMILES string of the molecule is CC(C)NCC1CCN(CC2(O)CCCC2)CC1. The summed E-state index contributed by atoms with van der Waals surface area (Å²) in [5, 5.41) is 14.0. The normalized spacial score (nSPS) is 26.0. The largest absolute Gasteiger partial charge is 0.389 e. The van der Waals surface area contributed by atoms with Gasteiger partial charge in [-0.1, -0.05) is 26.7 Å². The van der Waals surface area contributed by atoms with Gasteiger partial charge >= 0.3 is 0 Å². The minimum absolute atomic E-state index is 0.358. The first kappa shape index (κ1) is 14.3. The van der Waals surface area contributed by atoms with E-state index in [4.69, 9.17) is 0 Å². The molecule has 18 heavy (non-hydrogen) atoms. The lowest BCUT2D eigenvalue weighted by atomic mass is 9.94. The van der Waals surface area contributed by atoms with Crippen LogP contribution in [0.25, 0.3) is 0 Å². The van der Waals surface area contributed by atoms with E-state index < -0.39 is 0 Å². The molecule has 1 aliphatic carbocycles. The van der Waals surface area contributed by atoms with Crippen molar-refractivity contribution in [2.24, 2.45) is 5.92 Å². The van der Waals surface area contributed by atoms with Crippen LogP contribution in [0.5, 0.6) is 0 Å². The molecule has 0 amide bonds. The lowest BCUT2D eigenvalue weighted by Crippen LogP contribution is -2.46. The van der Waals surface area contributed by atoms with Gasteiger partial charge in [-0.15, -0.1) is 0 Å². The van der Waals surface area contributed by atoms with Gasteiger partial charge in [0.1, 0.15) is 0 Å². The number of hydrogen-bond donors (Lipinski definition) is 2. The molecule has 2 rings (SSSR count). The Kier molecular flexibility index (Phi) is 5.05. The van der Waals surface area contributed by atoms with E-state index in [9.17, 15) is 5.11 Å². The van der Waals surface area contributed by atoms with Crippen LogP contribution >= 0.6 is 0 Å². The van der Waals surface area contributed by atoms with Crippen molar-refractivity contribution in [1.82, 2.24) is 10.2 Å². The molecule has 1 heterocycles. The number of aliphatic hydroxyl groups is 1. The van der Waals surface area contributed by atoms with Gasteiger partial charge in [-0.3, -0.25) is 0 Å². The third-order valence-electron chi connectivity index (χ3n) is 4.57.